The SMILES string of the molecule is CCOC(=O)C1CCN(N2NSC=C2Cl)CC1. The van der Waals surface area contributed by atoms with Gasteiger partial charge in [0.1, 0.15) is 5.16 Å². The van der Waals surface area contributed by atoms with Gasteiger partial charge in [0.2, 0.25) is 0 Å². The molecule has 0 spiro atoms. The highest BCUT2D eigenvalue weighted by Gasteiger charge is 2.30. The first-order valence-corrected chi connectivity index (χ1v) is 6.96. The molecule has 2 rings (SSSR count). The molecule has 0 aromatic carbocycles. The lowest BCUT2D eigenvalue weighted by atomic mass is 9.98. The van der Waals surface area contributed by atoms with Crippen molar-refractivity contribution in [3.05, 3.63) is 10.6 Å². The van der Waals surface area contributed by atoms with Crippen molar-refractivity contribution < 1.29 is 9.53 Å². The molecule has 17 heavy (non-hydrogen) atoms. The Hall–Kier alpha value is -0.430. The molecular formula is C10H16ClN3O2S. The molecule has 1 N–H and O–H groups in total. The largest absolute Gasteiger partial charge is 0.466 e. The molecule has 2 aliphatic heterocycles. The number of rotatable bonds is 3. The minimum absolute atomic E-state index is 0.0317. The second kappa shape index (κ2) is 5.95. The summed E-state index contributed by atoms with van der Waals surface area (Å²) in [6.07, 6.45) is 1.62. The topological polar surface area (TPSA) is 44.8 Å². The number of ether oxygens (including phenoxy) is 1. The number of hydrogen-bond acceptors (Lipinski definition) is 6. The standard InChI is InChI=1S/C10H16ClN3O2S/c1-2-16-10(15)8-3-5-13(6-4-8)14-9(11)7-17-12-14/h7-8,12H,2-6H2,1H3. The Bertz CT molecular complexity index is 319. The normalized spacial score (nSPS) is 22.7. The van der Waals surface area contributed by atoms with E-state index in [-0.39, 0.29) is 11.9 Å². The molecule has 0 amide bonds. The maximum Gasteiger partial charge on any atom is 0.309 e. The molecule has 1 saturated heterocycles. The quantitative estimate of drug-likeness (QED) is 0.481. The van der Waals surface area contributed by atoms with Crippen LogP contribution in [0.25, 0.3) is 0 Å². The van der Waals surface area contributed by atoms with Gasteiger partial charge in [0, 0.05) is 18.5 Å². The zero-order valence-corrected chi connectivity index (χ0v) is 11.3. The summed E-state index contributed by atoms with van der Waals surface area (Å²) in [4.78, 5) is 14.7. The van der Waals surface area contributed by atoms with Crippen LogP contribution in [0.15, 0.2) is 10.6 Å². The summed E-state index contributed by atoms with van der Waals surface area (Å²) < 4.78 is 5.03. The third kappa shape index (κ3) is 3.07. The molecule has 0 radical (unpaired) electrons. The Kier molecular flexibility index (Phi) is 4.55. The van der Waals surface area contributed by atoms with Gasteiger partial charge in [0.15, 0.2) is 0 Å². The molecule has 0 aromatic rings. The molecular weight excluding hydrogens is 262 g/mol. The lowest BCUT2D eigenvalue weighted by Crippen LogP contribution is -2.49. The average Bonchev–Trinajstić information content (AvgIpc) is 2.76. The van der Waals surface area contributed by atoms with Crippen LogP contribution >= 0.6 is 23.5 Å². The number of esters is 1. The van der Waals surface area contributed by atoms with Crippen molar-refractivity contribution in [2.45, 2.75) is 19.8 Å². The van der Waals surface area contributed by atoms with Gasteiger partial charge in [0.05, 0.1) is 12.5 Å². The van der Waals surface area contributed by atoms with Gasteiger partial charge in [-0.3, -0.25) is 4.79 Å². The molecule has 2 heterocycles. The predicted octanol–water partition coefficient (Wildman–Crippen LogP) is 1.68. The molecule has 0 atom stereocenters. The zero-order chi connectivity index (χ0) is 12.3. The Balaban J connectivity index is 1.82. The van der Waals surface area contributed by atoms with Crippen LogP contribution in [-0.2, 0) is 9.53 Å². The first kappa shape index (κ1) is 13.0. The van der Waals surface area contributed by atoms with E-state index in [1.807, 2.05) is 17.4 Å². The maximum atomic E-state index is 11.6. The van der Waals surface area contributed by atoms with E-state index in [9.17, 15) is 4.79 Å². The van der Waals surface area contributed by atoms with E-state index in [0.717, 1.165) is 25.9 Å². The highest BCUT2D eigenvalue weighted by molar-refractivity contribution is 8.00. The smallest absolute Gasteiger partial charge is 0.309 e. The van der Waals surface area contributed by atoms with Crippen LogP contribution in [0.4, 0.5) is 0 Å². The first-order chi connectivity index (χ1) is 8.22. The summed E-state index contributed by atoms with van der Waals surface area (Å²) in [6.45, 7) is 3.91. The number of carbonyl (C=O) groups excluding carboxylic acids is 1. The average molecular weight is 278 g/mol. The van der Waals surface area contributed by atoms with E-state index >= 15 is 0 Å². The monoisotopic (exact) mass is 277 g/mol. The number of carbonyl (C=O) groups is 1. The van der Waals surface area contributed by atoms with Crippen LogP contribution in [0, 0.1) is 5.92 Å². The van der Waals surface area contributed by atoms with Gasteiger partial charge in [0.25, 0.3) is 0 Å². The summed E-state index contributed by atoms with van der Waals surface area (Å²) >= 11 is 7.48. The number of hydrazine groups is 2. The predicted molar refractivity (Wildman–Crippen MR) is 67.4 cm³/mol. The molecule has 0 unspecified atom stereocenters. The molecule has 0 bridgehead atoms. The lowest BCUT2D eigenvalue weighted by Gasteiger charge is -2.37. The third-order valence-electron chi connectivity index (χ3n) is 2.87. The number of halogens is 1. The van der Waals surface area contributed by atoms with Crippen LogP contribution in [-0.4, -0.2) is 35.8 Å². The molecule has 96 valence electrons. The van der Waals surface area contributed by atoms with Crippen molar-refractivity contribution in [1.82, 2.24) is 15.0 Å². The van der Waals surface area contributed by atoms with Gasteiger partial charge in [-0.2, -0.15) is 4.83 Å². The van der Waals surface area contributed by atoms with Gasteiger partial charge < -0.3 is 4.74 Å². The summed E-state index contributed by atoms with van der Waals surface area (Å²) in [6, 6.07) is 0. The van der Waals surface area contributed by atoms with E-state index in [1.165, 1.54) is 11.9 Å². The van der Waals surface area contributed by atoms with Gasteiger partial charge in [-0.05, 0) is 31.7 Å². The molecule has 5 nitrogen and oxygen atoms in total. The Morgan fingerprint density at radius 3 is 2.88 bits per heavy atom. The van der Waals surface area contributed by atoms with Crippen molar-refractivity contribution in [3.8, 4) is 0 Å². The molecule has 0 saturated carbocycles. The summed E-state index contributed by atoms with van der Waals surface area (Å²) in [5.74, 6) is -0.0400. The van der Waals surface area contributed by atoms with E-state index in [1.54, 1.807) is 0 Å². The summed E-state index contributed by atoms with van der Waals surface area (Å²) in [7, 11) is 0. The fourth-order valence-electron chi connectivity index (χ4n) is 1.97. The Labute approximate surface area is 110 Å². The van der Waals surface area contributed by atoms with Gasteiger partial charge in [-0.1, -0.05) is 11.6 Å². The van der Waals surface area contributed by atoms with Crippen molar-refractivity contribution in [1.29, 1.82) is 0 Å². The number of piperidine rings is 1. The van der Waals surface area contributed by atoms with Gasteiger partial charge >= 0.3 is 5.97 Å². The highest BCUT2D eigenvalue weighted by Crippen LogP contribution is 2.27. The molecule has 1 fully saturated rings. The summed E-state index contributed by atoms with van der Waals surface area (Å²) in [5, 5.41) is 6.45. The van der Waals surface area contributed by atoms with Crippen LogP contribution in [0.1, 0.15) is 19.8 Å². The van der Waals surface area contributed by atoms with E-state index < -0.39 is 0 Å². The van der Waals surface area contributed by atoms with Gasteiger partial charge in [-0.25, -0.2) is 10.1 Å². The van der Waals surface area contributed by atoms with Gasteiger partial charge in [-0.15, -0.1) is 0 Å². The summed E-state index contributed by atoms with van der Waals surface area (Å²) in [5.41, 5.74) is 0. The molecule has 2 aliphatic rings. The zero-order valence-electron chi connectivity index (χ0n) is 9.69. The van der Waals surface area contributed by atoms with Crippen LogP contribution in [0.5, 0.6) is 0 Å². The van der Waals surface area contributed by atoms with Crippen LogP contribution in [0.2, 0.25) is 0 Å². The third-order valence-corrected chi connectivity index (χ3v) is 3.89. The van der Waals surface area contributed by atoms with Crippen molar-refractivity contribution in [3.63, 3.8) is 0 Å². The Morgan fingerprint density at radius 1 is 1.65 bits per heavy atom. The first-order valence-electron chi connectivity index (χ1n) is 5.71. The fraction of sp³-hybridized carbons (Fsp3) is 0.700. The second-order valence-electron chi connectivity index (χ2n) is 3.94. The lowest BCUT2D eigenvalue weighted by molar-refractivity contribution is -0.151. The van der Waals surface area contributed by atoms with Crippen molar-refractivity contribution in [2.24, 2.45) is 5.92 Å². The number of nitrogens with one attached hydrogen (secondary N) is 1. The fourth-order valence-corrected chi connectivity index (χ4v) is 2.87. The van der Waals surface area contributed by atoms with E-state index in [2.05, 4.69) is 9.84 Å². The molecule has 0 aromatic heterocycles. The second-order valence-corrected chi connectivity index (χ2v) is 4.98. The van der Waals surface area contributed by atoms with Crippen molar-refractivity contribution in [2.75, 3.05) is 19.7 Å². The Morgan fingerprint density at radius 2 is 2.35 bits per heavy atom. The van der Waals surface area contributed by atoms with Crippen LogP contribution < -0.4 is 4.83 Å². The van der Waals surface area contributed by atoms with E-state index in [4.69, 9.17) is 16.3 Å². The number of hydrogen-bond donors (Lipinski definition) is 1. The maximum absolute atomic E-state index is 11.6. The van der Waals surface area contributed by atoms with Crippen molar-refractivity contribution >= 4 is 29.5 Å². The molecule has 7 heteroatoms. The highest BCUT2D eigenvalue weighted by atomic mass is 35.5. The van der Waals surface area contributed by atoms with Crippen LogP contribution in [0.3, 0.4) is 0 Å². The minimum Gasteiger partial charge on any atom is -0.466 e. The van der Waals surface area contributed by atoms with E-state index in [0.29, 0.717) is 11.8 Å². The number of nitrogens with zero attached hydrogens (tertiary/aromatic N) is 2. The molecule has 0 aliphatic carbocycles. The minimum atomic E-state index is -0.0717.